The van der Waals surface area contributed by atoms with E-state index in [1.807, 2.05) is 0 Å². The maximum atomic E-state index is 12.0. The molecule has 44 heavy (non-hydrogen) atoms. The van der Waals surface area contributed by atoms with Gasteiger partial charge in [0.25, 0.3) is 0 Å². The van der Waals surface area contributed by atoms with Crippen LogP contribution in [0.15, 0.2) is 164 Å². The van der Waals surface area contributed by atoms with Crippen LogP contribution in [0.5, 0.6) is 11.5 Å². The first-order valence-corrected chi connectivity index (χ1v) is 17.6. The Labute approximate surface area is 262 Å². The Morgan fingerprint density at radius 2 is 1.00 bits per heavy atom. The van der Waals surface area contributed by atoms with Crippen LogP contribution < -0.4 is 8.92 Å². The van der Waals surface area contributed by atoms with E-state index >= 15 is 0 Å². The molecule has 0 spiro atoms. The van der Waals surface area contributed by atoms with E-state index in [4.69, 9.17) is 8.92 Å². The standard InChI is InChI=1S/C22H23OS.C12H10O6S2/c1-22(2,3)23-18-14-16-21(17-15-18)24(19-10-6-4-7-11-19)20-12-8-5-9-13-20;13-19(14,15)12-9-5-4-8-11(12)18-20(16,17)10-6-2-1-3-7-10/h4-17H,1-3H3;1-9H,(H,13,14,15)/q+1;/p-1. The largest absolute Gasteiger partial charge is 0.744 e. The van der Waals surface area contributed by atoms with Crippen molar-refractivity contribution < 1.29 is 30.3 Å². The minimum absolute atomic E-state index is 0.102. The summed E-state index contributed by atoms with van der Waals surface area (Å²) in [6, 6.07) is 41.8. The summed E-state index contributed by atoms with van der Waals surface area (Å²) in [5.41, 5.74) is -0.179. The minimum Gasteiger partial charge on any atom is -0.744 e. The highest BCUT2D eigenvalue weighted by Crippen LogP contribution is 2.32. The summed E-state index contributed by atoms with van der Waals surface area (Å²) in [5, 5.41) is 0. The average molecular weight is 649 g/mol. The highest BCUT2D eigenvalue weighted by molar-refractivity contribution is 7.97. The summed E-state index contributed by atoms with van der Waals surface area (Å²) in [7, 11) is -9.13. The Morgan fingerprint density at radius 1 is 0.568 bits per heavy atom. The second-order valence-corrected chi connectivity index (χ2v) is 15.3. The zero-order valence-corrected chi connectivity index (χ0v) is 26.8. The molecule has 228 valence electrons. The van der Waals surface area contributed by atoms with Gasteiger partial charge < -0.3 is 13.5 Å². The monoisotopic (exact) mass is 648 g/mol. The molecule has 0 bridgehead atoms. The van der Waals surface area contributed by atoms with Gasteiger partial charge in [-0.05, 0) is 93.6 Å². The molecule has 10 heteroatoms. The molecule has 0 fully saturated rings. The van der Waals surface area contributed by atoms with Gasteiger partial charge in [-0.3, -0.25) is 0 Å². The first kappa shape index (κ1) is 32.8. The molecule has 0 radical (unpaired) electrons. The number of ether oxygens (including phenoxy) is 1. The molecule has 0 aliphatic heterocycles. The molecule has 0 aliphatic carbocycles. The Kier molecular flexibility index (Phi) is 10.5. The Morgan fingerprint density at radius 3 is 1.48 bits per heavy atom. The molecular weight excluding hydrogens is 617 g/mol. The molecule has 0 heterocycles. The Bertz CT molecular complexity index is 1820. The third-order valence-corrected chi connectivity index (χ3v) is 10.1. The van der Waals surface area contributed by atoms with Crippen molar-refractivity contribution in [1.82, 2.24) is 0 Å². The van der Waals surface area contributed by atoms with E-state index in [9.17, 15) is 21.4 Å². The summed E-state index contributed by atoms with van der Waals surface area (Å²) in [6.07, 6.45) is 0. The van der Waals surface area contributed by atoms with Gasteiger partial charge in [0.1, 0.15) is 26.4 Å². The Hall–Kier alpha value is -4.09. The molecular formula is C34H32O7S3. The van der Waals surface area contributed by atoms with Crippen LogP contribution in [0.3, 0.4) is 0 Å². The van der Waals surface area contributed by atoms with Crippen LogP contribution >= 0.6 is 0 Å². The number of hydrogen-bond acceptors (Lipinski definition) is 7. The van der Waals surface area contributed by atoms with Gasteiger partial charge in [-0.25, -0.2) is 8.42 Å². The quantitative estimate of drug-likeness (QED) is 0.0985. The predicted molar refractivity (Wildman–Crippen MR) is 171 cm³/mol. The lowest BCUT2D eigenvalue weighted by Gasteiger charge is -2.21. The Balaban J connectivity index is 0.000000204. The van der Waals surface area contributed by atoms with E-state index in [0.717, 1.165) is 17.9 Å². The van der Waals surface area contributed by atoms with E-state index in [0.29, 0.717) is 0 Å². The molecule has 5 aromatic carbocycles. The average Bonchev–Trinajstić information content (AvgIpc) is 2.99. The lowest BCUT2D eigenvalue weighted by Crippen LogP contribution is -2.22. The smallest absolute Gasteiger partial charge is 0.339 e. The van der Waals surface area contributed by atoms with Crippen LogP contribution in [0, 0.1) is 0 Å². The number of rotatable bonds is 8. The molecule has 5 aromatic rings. The van der Waals surface area contributed by atoms with Crippen LogP contribution in [0.25, 0.3) is 0 Å². The summed E-state index contributed by atoms with van der Waals surface area (Å²) in [6.45, 7) is 6.21. The van der Waals surface area contributed by atoms with E-state index in [1.54, 1.807) is 6.07 Å². The van der Waals surface area contributed by atoms with E-state index in [2.05, 4.69) is 106 Å². The van der Waals surface area contributed by atoms with Crippen molar-refractivity contribution in [2.24, 2.45) is 0 Å². The maximum Gasteiger partial charge on any atom is 0.339 e. The summed E-state index contributed by atoms with van der Waals surface area (Å²) in [5.74, 6) is 0.391. The third-order valence-electron chi connectivity index (χ3n) is 5.79. The predicted octanol–water partition coefficient (Wildman–Crippen LogP) is 7.32. The van der Waals surface area contributed by atoms with Gasteiger partial charge >= 0.3 is 10.1 Å². The van der Waals surface area contributed by atoms with Crippen molar-refractivity contribution in [2.45, 2.75) is 50.8 Å². The fourth-order valence-corrected chi connectivity index (χ4v) is 7.70. The lowest BCUT2D eigenvalue weighted by atomic mass is 10.2. The second kappa shape index (κ2) is 14.1. The molecule has 0 saturated heterocycles. The van der Waals surface area contributed by atoms with Gasteiger partial charge in [-0.2, -0.15) is 8.42 Å². The number of hydrogen-bond donors (Lipinski definition) is 0. The summed E-state index contributed by atoms with van der Waals surface area (Å²) >= 11 is 0. The zero-order chi connectivity index (χ0) is 31.8. The normalized spacial score (nSPS) is 11.8. The van der Waals surface area contributed by atoms with Crippen molar-refractivity contribution in [1.29, 1.82) is 0 Å². The first-order chi connectivity index (χ1) is 20.8. The molecule has 0 aromatic heterocycles. The molecule has 0 unspecified atom stereocenters. The van der Waals surface area contributed by atoms with Crippen LogP contribution in [0.4, 0.5) is 0 Å². The molecule has 7 nitrogen and oxygen atoms in total. The minimum atomic E-state index is -4.83. The van der Waals surface area contributed by atoms with Crippen LogP contribution in [-0.2, 0) is 31.1 Å². The van der Waals surface area contributed by atoms with Crippen molar-refractivity contribution >= 4 is 31.1 Å². The fraction of sp³-hybridized carbons (Fsp3) is 0.118. The van der Waals surface area contributed by atoms with E-state index in [1.165, 1.54) is 51.1 Å². The van der Waals surface area contributed by atoms with Gasteiger partial charge in [-0.15, -0.1) is 0 Å². The topological polar surface area (TPSA) is 110 Å². The van der Waals surface area contributed by atoms with Crippen LogP contribution in [-0.4, -0.2) is 27.0 Å². The molecule has 0 amide bonds. The van der Waals surface area contributed by atoms with Gasteiger partial charge in [0.2, 0.25) is 0 Å². The molecule has 0 saturated carbocycles. The van der Waals surface area contributed by atoms with Gasteiger partial charge in [0, 0.05) is 0 Å². The number of para-hydroxylation sites is 1. The van der Waals surface area contributed by atoms with Crippen molar-refractivity contribution in [3.63, 3.8) is 0 Å². The fourth-order valence-electron chi connectivity index (χ4n) is 4.00. The SMILES string of the molecule is CC(C)(C)Oc1ccc([S+](c2ccccc2)c2ccccc2)cc1.O=S(=O)([O-])c1ccccc1OS(=O)(=O)c1ccccc1. The van der Waals surface area contributed by atoms with E-state index < -0.39 is 30.9 Å². The highest BCUT2D eigenvalue weighted by Gasteiger charge is 2.28. The van der Waals surface area contributed by atoms with Gasteiger partial charge in [0.05, 0.1) is 15.8 Å². The van der Waals surface area contributed by atoms with Crippen LogP contribution in [0.1, 0.15) is 20.8 Å². The van der Waals surface area contributed by atoms with Crippen molar-refractivity contribution in [3.05, 3.63) is 140 Å². The number of benzene rings is 5. The second-order valence-electron chi connectivity index (χ2n) is 10.4. The lowest BCUT2D eigenvalue weighted by molar-refractivity contribution is 0.131. The molecule has 0 aliphatic rings. The zero-order valence-electron chi connectivity index (χ0n) is 24.4. The first-order valence-electron chi connectivity index (χ1n) is 13.5. The molecule has 0 atom stereocenters. The third kappa shape index (κ3) is 9.20. The molecule has 0 N–H and O–H groups in total. The van der Waals surface area contributed by atoms with Gasteiger partial charge in [-0.1, -0.05) is 66.7 Å². The van der Waals surface area contributed by atoms with E-state index in [-0.39, 0.29) is 21.4 Å². The van der Waals surface area contributed by atoms with Crippen molar-refractivity contribution in [2.75, 3.05) is 0 Å². The maximum absolute atomic E-state index is 12.0. The summed E-state index contributed by atoms with van der Waals surface area (Å²) in [4.78, 5) is 3.09. The van der Waals surface area contributed by atoms with Gasteiger partial charge in [0.15, 0.2) is 20.4 Å². The van der Waals surface area contributed by atoms with Crippen molar-refractivity contribution in [3.8, 4) is 11.5 Å². The van der Waals surface area contributed by atoms with Crippen LogP contribution in [0.2, 0.25) is 0 Å². The molecule has 5 rings (SSSR count). The summed E-state index contributed by atoms with van der Waals surface area (Å²) < 4.78 is 67.7. The highest BCUT2D eigenvalue weighted by atomic mass is 32.2.